The lowest BCUT2D eigenvalue weighted by Gasteiger charge is -2.24. The molecule has 1 aliphatic rings. The predicted molar refractivity (Wildman–Crippen MR) is 163 cm³/mol. The van der Waals surface area contributed by atoms with Crippen LogP contribution in [-0.2, 0) is 33.7 Å². The number of nitrogens with zero attached hydrogens (tertiary/aromatic N) is 1. The number of sulfone groups is 1. The van der Waals surface area contributed by atoms with Crippen molar-refractivity contribution in [1.82, 2.24) is 9.88 Å². The van der Waals surface area contributed by atoms with Crippen LogP contribution in [0.25, 0.3) is 22.2 Å². The Morgan fingerprint density at radius 3 is 2.30 bits per heavy atom. The zero-order valence-electron chi connectivity index (χ0n) is 23.3. The summed E-state index contributed by atoms with van der Waals surface area (Å²) in [6.45, 7) is -0.977. The Balaban J connectivity index is 1.33. The van der Waals surface area contributed by atoms with E-state index in [2.05, 4.69) is 16.0 Å². The van der Waals surface area contributed by atoms with Crippen LogP contribution in [-0.4, -0.2) is 53.2 Å². The fraction of sp³-hybridized carbons (Fsp3) is 0.300. The summed E-state index contributed by atoms with van der Waals surface area (Å²) in [6, 6.07) is 19.9. The summed E-state index contributed by atoms with van der Waals surface area (Å²) in [5, 5.41) is 9.43. The normalized spacial score (nSPS) is 16.1. The summed E-state index contributed by atoms with van der Waals surface area (Å²) < 4.78 is 77.5. The van der Waals surface area contributed by atoms with Gasteiger partial charge in [0.05, 0.1) is 17.0 Å². The van der Waals surface area contributed by atoms with E-state index in [9.17, 15) is 30.6 Å². The first-order valence-corrected chi connectivity index (χ1v) is 17.0. The van der Waals surface area contributed by atoms with Gasteiger partial charge in [-0.05, 0) is 66.4 Å². The summed E-state index contributed by atoms with van der Waals surface area (Å²) in [6.07, 6.45) is -2.00. The number of halogens is 3. The van der Waals surface area contributed by atoms with Crippen molar-refractivity contribution in [2.45, 2.75) is 43.0 Å². The van der Waals surface area contributed by atoms with Gasteiger partial charge in [-0.25, -0.2) is 13.2 Å². The van der Waals surface area contributed by atoms with Crippen molar-refractivity contribution in [2.24, 2.45) is 0 Å². The minimum atomic E-state index is -4.45. The van der Waals surface area contributed by atoms with E-state index < -0.39 is 39.4 Å². The number of urea groups is 1. The minimum Gasteiger partial charge on any atom is -0.382 e. The predicted octanol–water partition coefficient (Wildman–Crippen LogP) is 5.92. The average Bonchev–Trinajstić information content (AvgIpc) is 3.31. The van der Waals surface area contributed by atoms with E-state index in [1.165, 1.54) is 4.57 Å². The van der Waals surface area contributed by atoms with E-state index in [1.54, 1.807) is 79.1 Å². The van der Waals surface area contributed by atoms with Gasteiger partial charge in [0.25, 0.3) is 0 Å². The lowest BCUT2D eigenvalue weighted by atomic mass is 10.1. The number of hydrogen-bond acceptors (Lipinski definition) is 5. The Morgan fingerprint density at radius 2 is 1.67 bits per heavy atom. The minimum absolute atomic E-state index is 0.0824. The molecule has 5 rings (SSSR count). The molecular formula is C30H31F3N4O4S2. The number of carbonyl (C=O) groups is 1. The summed E-state index contributed by atoms with van der Waals surface area (Å²) in [5.74, 6) is 0.165. The van der Waals surface area contributed by atoms with Crippen molar-refractivity contribution in [3.8, 4) is 11.3 Å². The van der Waals surface area contributed by atoms with Gasteiger partial charge in [0.2, 0.25) is 0 Å². The van der Waals surface area contributed by atoms with Crippen LogP contribution in [0.1, 0.15) is 18.4 Å². The van der Waals surface area contributed by atoms with Gasteiger partial charge < -0.3 is 20.5 Å². The van der Waals surface area contributed by atoms with Crippen LogP contribution in [0, 0.1) is 0 Å². The number of benzene rings is 3. The number of alkyl halides is 3. The molecule has 1 aliphatic heterocycles. The van der Waals surface area contributed by atoms with Crippen molar-refractivity contribution >= 4 is 48.9 Å². The van der Waals surface area contributed by atoms with Crippen molar-refractivity contribution in [3.05, 3.63) is 78.4 Å². The molecule has 2 amide bonds. The standard InChI is InChI=1S/C30H31F3N4O4S2/c1-42(39)24-11-9-22(10-12-24)36-29(38)34-18-20-5-7-21(8-6-20)28-17-25-26(35-23-13-15-43(40,41)16-14-23)3-2-4-27(25)37(28)19-30(31,32)33/h2-12,17,23,35H,13-16,18-19H2,1H3,(H2,34,36,38). The third kappa shape index (κ3) is 7.77. The first-order chi connectivity index (χ1) is 20.4. The maximum atomic E-state index is 13.7. The van der Waals surface area contributed by atoms with E-state index in [0.717, 1.165) is 5.56 Å². The third-order valence-corrected chi connectivity index (χ3v) is 10.00. The largest absolute Gasteiger partial charge is 0.406 e. The molecule has 0 aliphatic carbocycles. The van der Waals surface area contributed by atoms with Crippen LogP contribution >= 0.6 is 0 Å². The fourth-order valence-corrected chi connectivity index (χ4v) is 7.15. The van der Waals surface area contributed by atoms with Gasteiger partial charge in [-0.15, -0.1) is 0 Å². The van der Waals surface area contributed by atoms with E-state index in [-0.39, 0.29) is 24.1 Å². The molecule has 1 aromatic heterocycles. The molecule has 1 saturated heterocycles. The van der Waals surface area contributed by atoms with E-state index >= 15 is 0 Å². The SMILES string of the molecule is CS(=O)c1ccc(NC(=O)NCc2ccc(-c3cc4c(NC5CCS(=O)(=O)CC5)cccc4n3CC(F)(F)F)cc2)cc1. The summed E-state index contributed by atoms with van der Waals surface area (Å²) in [5.41, 5.74) is 3.35. The van der Waals surface area contributed by atoms with Crippen LogP contribution < -0.4 is 16.0 Å². The first-order valence-electron chi connectivity index (χ1n) is 13.6. The van der Waals surface area contributed by atoms with Crippen molar-refractivity contribution < 1.29 is 30.6 Å². The molecule has 0 bridgehead atoms. The summed E-state index contributed by atoms with van der Waals surface area (Å²) in [7, 11) is -4.16. The number of aromatic nitrogens is 1. The molecule has 0 spiro atoms. The summed E-state index contributed by atoms with van der Waals surface area (Å²) in [4.78, 5) is 13.0. The van der Waals surface area contributed by atoms with Gasteiger partial charge in [0.15, 0.2) is 0 Å². The molecule has 0 saturated carbocycles. The lowest BCUT2D eigenvalue weighted by molar-refractivity contribution is -0.139. The van der Waals surface area contributed by atoms with Crippen LogP contribution in [0.5, 0.6) is 0 Å². The molecule has 43 heavy (non-hydrogen) atoms. The number of carbonyl (C=O) groups excluding carboxylic acids is 1. The highest BCUT2D eigenvalue weighted by atomic mass is 32.2. The van der Waals surface area contributed by atoms with Gasteiger partial charge in [0, 0.05) is 57.0 Å². The second kappa shape index (κ2) is 12.4. The highest BCUT2D eigenvalue weighted by Crippen LogP contribution is 2.36. The molecule has 4 aromatic rings. The molecule has 3 N–H and O–H groups in total. The van der Waals surface area contributed by atoms with Crippen molar-refractivity contribution in [1.29, 1.82) is 0 Å². The molecule has 0 radical (unpaired) electrons. The zero-order valence-corrected chi connectivity index (χ0v) is 24.9. The number of rotatable bonds is 8. The Bertz CT molecular complexity index is 1740. The number of hydrogen-bond donors (Lipinski definition) is 3. The Hall–Kier alpha value is -3.84. The lowest BCUT2D eigenvalue weighted by Crippen LogP contribution is -2.32. The number of anilines is 2. The monoisotopic (exact) mass is 632 g/mol. The molecule has 1 fully saturated rings. The fourth-order valence-electron chi connectivity index (χ4n) is 5.13. The Morgan fingerprint density at radius 1 is 1.00 bits per heavy atom. The Labute approximate surface area is 250 Å². The van der Waals surface area contributed by atoms with Gasteiger partial charge in [-0.1, -0.05) is 30.3 Å². The summed E-state index contributed by atoms with van der Waals surface area (Å²) >= 11 is 0. The van der Waals surface area contributed by atoms with Gasteiger partial charge in [-0.2, -0.15) is 13.2 Å². The molecule has 228 valence electrons. The molecule has 2 heterocycles. The molecule has 1 atom stereocenters. The topological polar surface area (TPSA) is 109 Å². The smallest absolute Gasteiger partial charge is 0.382 e. The number of fused-ring (bicyclic) bond motifs is 1. The molecule has 1 unspecified atom stereocenters. The molecular weight excluding hydrogens is 601 g/mol. The van der Waals surface area contributed by atoms with E-state index in [0.29, 0.717) is 51.3 Å². The van der Waals surface area contributed by atoms with Gasteiger partial charge in [-0.3, -0.25) is 4.21 Å². The average molecular weight is 633 g/mol. The third-order valence-electron chi connectivity index (χ3n) is 7.34. The van der Waals surface area contributed by atoms with Gasteiger partial charge in [0.1, 0.15) is 16.4 Å². The molecule has 3 aromatic carbocycles. The molecule has 13 heteroatoms. The van der Waals surface area contributed by atoms with Crippen molar-refractivity contribution in [3.63, 3.8) is 0 Å². The van der Waals surface area contributed by atoms with E-state index in [1.807, 2.05) is 0 Å². The second-order valence-electron chi connectivity index (χ2n) is 10.5. The first kappa shape index (κ1) is 30.6. The van der Waals surface area contributed by atoms with Crippen molar-refractivity contribution in [2.75, 3.05) is 28.4 Å². The van der Waals surface area contributed by atoms with Crippen LogP contribution in [0.3, 0.4) is 0 Å². The van der Waals surface area contributed by atoms with Crippen LogP contribution in [0.15, 0.2) is 77.7 Å². The number of amides is 2. The zero-order chi connectivity index (χ0) is 30.8. The number of nitrogens with one attached hydrogen (secondary N) is 3. The molecule has 8 nitrogen and oxygen atoms in total. The van der Waals surface area contributed by atoms with Crippen LogP contribution in [0.2, 0.25) is 0 Å². The highest BCUT2D eigenvalue weighted by molar-refractivity contribution is 7.91. The maximum absolute atomic E-state index is 13.7. The second-order valence-corrected chi connectivity index (χ2v) is 14.2. The quantitative estimate of drug-likeness (QED) is 0.224. The highest BCUT2D eigenvalue weighted by Gasteiger charge is 2.31. The Kier molecular flexibility index (Phi) is 8.84. The maximum Gasteiger partial charge on any atom is 0.406 e. The van der Waals surface area contributed by atoms with E-state index in [4.69, 9.17) is 0 Å². The van der Waals surface area contributed by atoms with Gasteiger partial charge >= 0.3 is 12.2 Å². The van der Waals surface area contributed by atoms with Crippen LogP contribution in [0.4, 0.5) is 29.3 Å².